The average Bonchev–Trinajstić information content (AvgIpc) is 2.83. The lowest BCUT2D eigenvalue weighted by atomic mass is 9.57. The first-order valence-electron chi connectivity index (χ1n) is 14.8. The summed E-state index contributed by atoms with van der Waals surface area (Å²) in [6, 6.07) is 0. The Hall–Kier alpha value is -0.500. The normalized spacial score (nSPS) is 38.9. The quantitative estimate of drug-likeness (QED) is 0.313. The van der Waals surface area contributed by atoms with Gasteiger partial charge in [-0.1, -0.05) is 13.8 Å². The Kier molecular flexibility index (Phi) is 9.51. The van der Waals surface area contributed by atoms with Crippen molar-refractivity contribution in [1.29, 1.82) is 0 Å². The second-order valence-electron chi connectivity index (χ2n) is 12.8. The molecule has 37 heavy (non-hydrogen) atoms. The molecule has 0 radical (unpaired) electrons. The molecule has 0 saturated heterocycles. The smallest absolute Gasteiger partial charge is 0.375 e. The summed E-state index contributed by atoms with van der Waals surface area (Å²) in [4.78, 5) is 0. The van der Waals surface area contributed by atoms with Gasteiger partial charge in [-0.2, -0.15) is 26.3 Å². The van der Waals surface area contributed by atoms with Crippen molar-refractivity contribution in [2.75, 3.05) is 0 Å². The summed E-state index contributed by atoms with van der Waals surface area (Å²) in [6.45, 7) is 4.40. The van der Waals surface area contributed by atoms with Crippen molar-refractivity contribution in [2.45, 2.75) is 153 Å². The second kappa shape index (κ2) is 11.9. The lowest BCUT2D eigenvalue weighted by molar-refractivity contribution is -0.383. The van der Waals surface area contributed by atoms with Crippen molar-refractivity contribution in [3.05, 3.63) is 0 Å². The van der Waals surface area contributed by atoms with Crippen molar-refractivity contribution in [2.24, 2.45) is 29.1 Å². The minimum Gasteiger partial charge on any atom is -0.375 e. The molecule has 0 aromatic heterocycles. The fourth-order valence-electron chi connectivity index (χ4n) is 8.00. The lowest BCUT2D eigenvalue weighted by Crippen LogP contribution is -2.61. The molecule has 0 bridgehead atoms. The number of hydrogen-bond donors (Lipinski definition) is 0. The molecule has 4 aliphatic rings. The Morgan fingerprint density at radius 1 is 0.405 bits per heavy atom. The van der Waals surface area contributed by atoms with E-state index in [1.54, 1.807) is 0 Å². The molecule has 4 fully saturated rings. The highest BCUT2D eigenvalue weighted by Crippen LogP contribution is 2.65. The van der Waals surface area contributed by atoms with Crippen LogP contribution < -0.4 is 0 Å². The molecule has 0 unspecified atom stereocenters. The number of halogens is 6. The summed E-state index contributed by atoms with van der Waals surface area (Å²) in [6.07, 6.45) is -2.13. The molecular formula is C29H46F6O2. The third-order valence-corrected chi connectivity index (χ3v) is 10.3. The summed E-state index contributed by atoms with van der Waals surface area (Å²) < 4.78 is 100. The molecule has 8 heteroatoms. The van der Waals surface area contributed by atoms with Gasteiger partial charge in [0.15, 0.2) is 5.41 Å². The molecule has 4 rings (SSSR count). The highest BCUT2D eigenvalue weighted by atomic mass is 19.4. The standard InChI is InChI=1S/C29H46F6O2/c1-19-3-11-23(12-4-19)36-25-15-7-21(8-16-25)27(28(30,31)32,29(33,34)35)22-9-17-26(18-10-22)37-24-13-5-20(2)6-14-24/h19-26H,3-18H2,1-2H3. The van der Waals surface area contributed by atoms with E-state index < -0.39 is 29.6 Å². The Labute approximate surface area is 218 Å². The molecule has 4 aliphatic carbocycles. The second-order valence-corrected chi connectivity index (χ2v) is 12.8. The van der Waals surface area contributed by atoms with Gasteiger partial charge in [0, 0.05) is 0 Å². The summed E-state index contributed by atoms with van der Waals surface area (Å²) >= 11 is 0. The molecule has 4 saturated carbocycles. The number of rotatable bonds is 6. The van der Waals surface area contributed by atoms with Gasteiger partial charge >= 0.3 is 12.4 Å². The van der Waals surface area contributed by atoms with Gasteiger partial charge in [0.05, 0.1) is 24.4 Å². The monoisotopic (exact) mass is 540 g/mol. The SMILES string of the molecule is CC1CCC(OC2CCC(C(C3CCC(OC4CCC(C)CC4)CC3)(C(F)(F)F)C(F)(F)F)CC2)CC1. The minimum absolute atomic E-state index is 0.0799. The maximum Gasteiger partial charge on any atom is 0.403 e. The molecule has 2 nitrogen and oxygen atoms in total. The molecule has 0 heterocycles. The molecule has 0 atom stereocenters. The third-order valence-electron chi connectivity index (χ3n) is 10.3. The van der Waals surface area contributed by atoms with Gasteiger partial charge in [-0.25, -0.2) is 0 Å². The lowest BCUT2D eigenvalue weighted by Gasteiger charge is -2.51. The van der Waals surface area contributed by atoms with Gasteiger partial charge in [0.2, 0.25) is 0 Å². The molecule has 0 aromatic carbocycles. The summed E-state index contributed by atoms with van der Waals surface area (Å²) in [5.41, 5.74) is -3.64. The van der Waals surface area contributed by atoms with E-state index in [0.717, 1.165) is 51.4 Å². The van der Waals surface area contributed by atoms with Crippen molar-refractivity contribution in [3.8, 4) is 0 Å². The zero-order chi connectivity index (χ0) is 26.8. The first-order chi connectivity index (χ1) is 17.4. The van der Waals surface area contributed by atoms with Gasteiger partial charge in [0.25, 0.3) is 0 Å². The first-order valence-corrected chi connectivity index (χ1v) is 14.8. The van der Waals surface area contributed by atoms with Crippen LogP contribution in [0.25, 0.3) is 0 Å². The highest BCUT2D eigenvalue weighted by Gasteiger charge is 2.76. The molecule has 0 N–H and O–H groups in total. The molecule has 0 amide bonds. The highest BCUT2D eigenvalue weighted by molar-refractivity contribution is 5.05. The Bertz CT molecular complexity index is 630. The number of alkyl halides is 6. The molecular weight excluding hydrogens is 494 g/mol. The topological polar surface area (TPSA) is 18.5 Å². The zero-order valence-electron chi connectivity index (χ0n) is 22.5. The van der Waals surface area contributed by atoms with Crippen molar-refractivity contribution in [3.63, 3.8) is 0 Å². The van der Waals surface area contributed by atoms with Crippen LogP contribution in [-0.4, -0.2) is 36.8 Å². The van der Waals surface area contributed by atoms with Crippen LogP contribution in [0, 0.1) is 29.1 Å². The van der Waals surface area contributed by atoms with Crippen LogP contribution in [0.2, 0.25) is 0 Å². The van der Waals surface area contributed by atoms with E-state index in [1.807, 2.05) is 0 Å². The van der Waals surface area contributed by atoms with E-state index in [2.05, 4.69) is 13.8 Å². The fourth-order valence-corrected chi connectivity index (χ4v) is 8.00. The van der Waals surface area contributed by atoms with Crippen molar-refractivity contribution in [1.82, 2.24) is 0 Å². The van der Waals surface area contributed by atoms with Crippen molar-refractivity contribution < 1.29 is 35.8 Å². The van der Waals surface area contributed by atoms with E-state index >= 15 is 0 Å². The maximum absolute atomic E-state index is 14.7. The summed E-state index contributed by atoms with van der Waals surface area (Å²) in [7, 11) is 0. The number of ether oxygens (including phenoxy) is 2. The fraction of sp³-hybridized carbons (Fsp3) is 1.00. The van der Waals surface area contributed by atoms with Crippen LogP contribution in [0.5, 0.6) is 0 Å². The van der Waals surface area contributed by atoms with Crippen LogP contribution >= 0.6 is 0 Å². The zero-order valence-corrected chi connectivity index (χ0v) is 22.5. The van der Waals surface area contributed by atoms with Gasteiger partial charge in [-0.05, 0) is 126 Å². The number of hydrogen-bond acceptors (Lipinski definition) is 2. The van der Waals surface area contributed by atoms with Gasteiger partial charge in [-0.15, -0.1) is 0 Å². The Morgan fingerprint density at radius 2 is 0.649 bits per heavy atom. The molecule has 0 aliphatic heterocycles. The van der Waals surface area contributed by atoms with E-state index in [9.17, 15) is 26.3 Å². The Morgan fingerprint density at radius 3 is 0.892 bits per heavy atom. The van der Waals surface area contributed by atoms with Crippen LogP contribution in [0.1, 0.15) is 117 Å². The van der Waals surface area contributed by atoms with E-state index in [0.29, 0.717) is 11.8 Å². The first kappa shape index (κ1) is 29.5. The minimum atomic E-state index is -5.33. The van der Waals surface area contributed by atoms with E-state index in [4.69, 9.17) is 9.47 Å². The van der Waals surface area contributed by atoms with Crippen molar-refractivity contribution >= 4 is 0 Å². The van der Waals surface area contributed by atoms with Crippen LogP contribution in [0.15, 0.2) is 0 Å². The Balaban J connectivity index is 1.40. The summed E-state index contributed by atoms with van der Waals surface area (Å²) in [5.74, 6) is -1.58. The van der Waals surface area contributed by atoms with Crippen LogP contribution in [-0.2, 0) is 9.47 Å². The maximum atomic E-state index is 14.7. The largest absolute Gasteiger partial charge is 0.403 e. The predicted molar refractivity (Wildman–Crippen MR) is 131 cm³/mol. The van der Waals surface area contributed by atoms with Crippen LogP contribution in [0.4, 0.5) is 26.3 Å². The summed E-state index contributed by atoms with van der Waals surface area (Å²) in [5, 5.41) is 0. The van der Waals surface area contributed by atoms with E-state index in [-0.39, 0.29) is 75.8 Å². The molecule has 216 valence electrons. The third kappa shape index (κ3) is 6.63. The molecule has 0 aromatic rings. The predicted octanol–water partition coefficient (Wildman–Crippen LogP) is 9.41. The van der Waals surface area contributed by atoms with Gasteiger partial charge in [-0.3, -0.25) is 0 Å². The van der Waals surface area contributed by atoms with Gasteiger partial charge < -0.3 is 9.47 Å². The van der Waals surface area contributed by atoms with Gasteiger partial charge in [0.1, 0.15) is 0 Å². The average molecular weight is 541 g/mol. The molecule has 0 spiro atoms. The van der Waals surface area contributed by atoms with E-state index in [1.165, 1.54) is 0 Å². The van der Waals surface area contributed by atoms with Crippen LogP contribution in [0.3, 0.4) is 0 Å².